The van der Waals surface area contributed by atoms with Crippen molar-refractivity contribution in [1.29, 1.82) is 0 Å². The van der Waals surface area contributed by atoms with Crippen molar-refractivity contribution < 1.29 is 9.84 Å². The third-order valence-electron chi connectivity index (χ3n) is 3.52. The van der Waals surface area contributed by atoms with Crippen molar-refractivity contribution in [3.05, 3.63) is 29.3 Å². The first-order valence-electron chi connectivity index (χ1n) is 6.23. The molecule has 1 atom stereocenters. The van der Waals surface area contributed by atoms with Crippen LogP contribution in [-0.4, -0.2) is 36.3 Å². The van der Waals surface area contributed by atoms with Gasteiger partial charge in [-0.2, -0.15) is 0 Å². The van der Waals surface area contributed by atoms with E-state index in [-0.39, 0.29) is 6.61 Å². The monoisotopic (exact) mass is 235 g/mol. The molecule has 3 nitrogen and oxygen atoms in total. The number of aliphatic hydroxyl groups excluding tert-OH is 1. The van der Waals surface area contributed by atoms with Gasteiger partial charge in [0.25, 0.3) is 0 Å². The second kappa shape index (κ2) is 5.52. The Balaban J connectivity index is 2.14. The first-order chi connectivity index (χ1) is 8.24. The van der Waals surface area contributed by atoms with Crippen LogP contribution in [0.2, 0.25) is 0 Å². The van der Waals surface area contributed by atoms with E-state index in [9.17, 15) is 5.11 Å². The van der Waals surface area contributed by atoms with E-state index >= 15 is 0 Å². The standard InChI is InChI=1S/C14H21NO2/c1-11-5-6-14(17-2)12(8-11)9-15-7-3-4-13(15)10-16/h5-6,8,13,16H,3-4,7,9-10H2,1-2H3/t13-/m1/s1. The predicted octanol–water partition coefficient (Wildman–Crippen LogP) is 1.96. The zero-order valence-electron chi connectivity index (χ0n) is 10.6. The van der Waals surface area contributed by atoms with E-state index in [1.165, 1.54) is 17.5 Å². The molecule has 0 bridgehead atoms. The van der Waals surface area contributed by atoms with Crippen molar-refractivity contribution in [2.24, 2.45) is 0 Å². The summed E-state index contributed by atoms with van der Waals surface area (Å²) in [5.41, 5.74) is 2.47. The average Bonchev–Trinajstić information content (AvgIpc) is 2.77. The highest BCUT2D eigenvalue weighted by atomic mass is 16.5. The summed E-state index contributed by atoms with van der Waals surface area (Å²) in [6.07, 6.45) is 2.28. The summed E-state index contributed by atoms with van der Waals surface area (Å²) in [6.45, 7) is 4.29. The molecule has 0 aromatic heterocycles. The van der Waals surface area contributed by atoms with Gasteiger partial charge in [-0.1, -0.05) is 17.7 Å². The first-order valence-corrected chi connectivity index (χ1v) is 6.23. The fraction of sp³-hybridized carbons (Fsp3) is 0.571. The molecular weight excluding hydrogens is 214 g/mol. The van der Waals surface area contributed by atoms with Gasteiger partial charge in [-0.3, -0.25) is 4.90 Å². The lowest BCUT2D eigenvalue weighted by molar-refractivity contribution is 0.152. The van der Waals surface area contributed by atoms with Gasteiger partial charge in [0, 0.05) is 18.2 Å². The number of ether oxygens (including phenoxy) is 1. The molecule has 0 spiro atoms. The molecule has 1 aromatic rings. The third kappa shape index (κ3) is 2.79. The van der Waals surface area contributed by atoms with Gasteiger partial charge in [-0.25, -0.2) is 0 Å². The molecule has 17 heavy (non-hydrogen) atoms. The van der Waals surface area contributed by atoms with Crippen LogP contribution in [0.25, 0.3) is 0 Å². The molecule has 1 aromatic carbocycles. The van der Waals surface area contributed by atoms with Gasteiger partial charge < -0.3 is 9.84 Å². The zero-order valence-corrected chi connectivity index (χ0v) is 10.6. The number of aliphatic hydroxyl groups is 1. The van der Waals surface area contributed by atoms with Crippen LogP contribution in [0.4, 0.5) is 0 Å². The van der Waals surface area contributed by atoms with E-state index in [1.807, 2.05) is 6.07 Å². The summed E-state index contributed by atoms with van der Waals surface area (Å²) in [5, 5.41) is 9.32. The highest BCUT2D eigenvalue weighted by Crippen LogP contribution is 2.25. The molecule has 1 fully saturated rings. The van der Waals surface area contributed by atoms with E-state index in [2.05, 4.69) is 24.0 Å². The zero-order chi connectivity index (χ0) is 12.3. The lowest BCUT2D eigenvalue weighted by atomic mass is 10.1. The fourth-order valence-electron chi connectivity index (χ4n) is 2.56. The largest absolute Gasteiger partial charge is 0.496 e. The molecule has 1 aliphatic rings. The SMILES string of the molecule is COc1ccc(C)cc1CN1CCC[C@@H]1CO. The Labute approximate surface area is 103 Å². The number of nitrogens with zero attached hydrogens (tertiary/aromatic N) is 1. The van der Waals surface area contributed by atoms with Gasteiger partial charge in [0.15, 0.2) is 0 Å². The van der Waals surface area contributed by atoms with Crippen molar-refractivity contribution in [3.63, 3.8) is 0 Å². The molecule has 2 rings (SSSR count). The molecule has 3 heteroatoms. The summed E-state index contributed by atoms with van der Waals surface area (Å²) in [4.78, 5) is 2.34. The smallest absolute Gasteiger partial charge is 0.123 e. The molecule has 1 heterocycles. The van der Waals surface area contributed by atoms with Crippen LogP contribution >= 0.6 is 0 Å². The van der Waals surface area contributed by atoms with E-state index in [0.29, 0.717) is 6.04 Å². The van der Waals surface area contributed by atoms with Crippen molar-refractivity contribution in [2.45, 2.75) is 32.4 Å². The van der Waals surface area contributed by atoms with Gasteiger partial charge in [0.1, 0.15) is 5.75 Å². The molecule has 0 amide bonds. The average molecular weight is 235 g/mol. The van der Waals surface area contributed by atoms with Crippen molar-refractivity contribution in [2.75, 3.05) is 20.3 Å². The minimum absolute atomic E-state index is 0.258. The molecule has 0 saturated carbocycles. The lowest BCUT2D eigenvalue weighted by Crippen LogP contribution is -2.31. The molecule has 1 N–H and O–H groups in total. The Morgan fingerprint density at radius 1 is 1.47 bits per heavy atom. The van der Waals surface area contributed by atoms with Crippen LogP contribution in [-0.2, 0) is 6.54 Å². The first kappa shape index (κ1) is 12.4. The fourth-order valence-corrected chi connectivity index (χ4v) is 2.56. The summed E-state index contributed by atoms with van der Waals surface area (Å²) < 4.78 is 5.39. The summed E-state index contributed by atoms with van der Waals surface area (Å²) >= 11 is 0. The van der Waals surface area contributed by atoms with E-state index in [0.717, 1.165) is 25.3 Å². The number of benzene rings is 1. The summed E-state index contributed by atoms with van der Waals surface area (Å²) in [5.74, 6) is 0.944. The quantitative estimate of drug-likeness (QED) is 0.866. The number of aryl methyl sites for hydroxylation is 1. The second-order valence-corrected chi connectivity index (χ2v) is 4.76. The van der Waals surface area contributed by atoms with Crippen molar-refractivity contribution in [3.8, 4) is 5.75 Å². The van der Waals surface area contributed by atoms with Crippen molar-refractivity contribution in [1.82, 2.24) is 4.90 Å². The lowest BCUT2D eigenvalue weighted by Gasteiger charge is -2.23. The Morgan fingerprint density at radius 2 is 2.29 bits per heavy atom. The van der Waals surface area contributed by atoms with Crippen LogP contribution in [0.1, 0.15) is 24.0 Å². The Bertz CT molecular complexity index is 378. The maximum Gasteiger partial charge on any atom is 0.123 e. The number of likely N-dealkylation sites (tertiary alicyclic amines) is 1. The van der Waals surface area contributed by atoms with E-state index in [4.69, 9.17) is 4.74 Å². The summed E-state index contributed by atoms with van der Waals surface area (Å²) in [6, 6.07) is 6.58. The van der Waals surface area contributed by atoms with Gasteiger partial charge in [0.2, 0.25) is 0 Å². The third-order valence-corrected chi connectivity index (χ3v) is 3.52. The number of rotatable bonds is 4. The molecular formula is C14H21NO2. The molecule has 94 valence electrons. The molecule has 0 unspecified atom stereocenters. The molecule has 1 saturated heterocycles. The Kier molecular flexibility index (Phi) is 4.02. The van der Waals surface area contributed by atoms with E-state index in [1.54, 1.807) is 7.11 Å². The number of methoxy groups -OCH3 is 1. The number of hydrogen-bond acceptors (Lipinski definition) is 3. The van der Waals surface area contributed by atoms with Crippen LogP contribution < -0.4 is 4.74 Å². The van der Waals surface area contributed by atoms with Crippen molar-refractivity contribution >= 4 is 0 Å². The van der Waals surface area contributed by atoms with Gasteiger partial charge in [0.05, 0.1) is 13.7 Å². The minimum Gasteiger partial charge on any atom is -0.496 e. The second-order valence-electron chi connectivity index (χ2n) is 4.76. The van der Waals surface area contributed by atoms with Crippen LogP contribution in [0.15, 0.2) is 18.2 Å². The maximum absolute atomic E-state index is 9.32. The topological polar surface area (TPSA) is 32.7 Å². The minimum atomic E-state index is 0.258. The maximum atomic E-state index is 9.32. The predicted molar refractivity (Wildman–Crippen MR) is 68.2 cm³/mol. The van der Waals surface area contributed by atoms with Gasteiger partial charge in [-0.15, -0.1) is 0 Å². The van der Waals surface area contributed by atoms with Gasteiger partial charge >= 0.3 is 0 Å². The molecule has 1 aliphatic heterocycles. The normalized spacial score (nSPS) is 20.8. The number of hydrogen-bond donors (Lipinski definition) is 1. The Morgan fingerprint density at radius 3 is 3.00 bits per heavy atom. The van der Waals surface area contributed by atoms with E-state index < -0.39 is 0 Å². The molecule has 0 radical (unpaired) electrons. The highest BCUT2D eigenvalue weighted by Gasteiger charge is 2.24. The highest BCUT2D eigenvalue weighted by molar-refractivity contribution is 5.36. The van der Waals surface area contributed by atoms with Gasteiger partial charge in [-0.05, 0) is 32.4 Å². The van der Waals surface area contributed by atoms with Crippen LogP contribution in [0, 0.1) is 6.92 Å². The molecule has 0 aliphatic carbocycles. The van der Waals surface area contributed by atoms with Crippen LogP contribution in [0.3, 0.4) is 0 Å². The van der Waals surface area contributed by atoms with Crippen LogP contribution in [0.5, 0.6) is 5.75 Å². The Hall–Kier alpha value is -1.06. The summed E-state index contributed by atoms with van der Waals surface area (Å²) in [7, 11) is 1.71.